The molecule has 4 N–H and O–H groups in total. The van der Waals surface area contributed by atoms with Crippen LogP contribution in [0.15, 0.2) is 36.2 Å². The van der Waals surface area contributed by atoms with Gasteiger partial charge in [0.2, 0.25) is 5.91 Å². The maximum Gasteiger partial charge on any atom is 0.224 e. The number of hydrogen-bond acceptors (Lipinski definition) is 6. The van der Waals surface area contributed by atoms with Crippen molar-refractivity contribution in [2.75, 3.05) is 27.2 Å². The first kappa shape index (κ1) is 27.0. The minimum atomic E-state index is -0.189. The molecule has 1 saturated heterocycles. The van der Waals surface area contributed by atoms with E-state index in [4.69, 9.17) is 5.41 Å². The fraction of sp³-hybridized carbons (Fsp3) is 0.586. The minimum absolute atomic E-state index is 0.101. The predicted molar refractivity (Wildman–Crippen MR) is 147 cm³/mol. The van der Waals surface area contributed by atoms with Gasteiger partial charge in [-0.25, -0.2) is 4.98 Å². The Kier molecular flexibility index (Phi) is 8.79. The van der Waals surface area contributed by atoms with Crippen molar-refractivity contribution in [3.63, 3.8) is 0 Å². The summed E-state index contributed by atoms with van der Waals surface area (Å²) in [6.45, 7) is 4.04. The summed E-state index contributed by atoms with van der Waals surface area (Å²) in [7, 11) is 3.97. The molecular weight excluding hydrogens is 464 g/mol. The highest BCUT2D eigenvalue weighted by molar-refractivity contribution is 6.12. The molecule has 2 heterocycles. The van der Waals surface area contributed by atoms with Crippen LogP contribution in [0.5, 0.6) is 0 Å². The Morgan fingerprint density at radius 2 is 2.05 bits per heavy atom. The van der Waals surface area contributed by atoms with Gasteiger partial charge in [0.15, 0.2) is 0 Å². The van der Waals surface area contributed by atoms with Crippen molar-refractivity contribution in [1.29, 1.82) is 5.41 Å². The number of aromatic nitrogens is 2. The second-order valence-corrected chi connectivity index (χ2v) is 10.9. The first-order valence-corrected chi connectivity index (χ1v) is 13.8. The lowest BCUT2D eigenvalue weighted by atomic mass is 9.91. The van der Waals surface area contributed by atoms with E-state index in [2.05, 4.69) is 32.5 Å². The maximum atomic E-state index is 13.3. The van der Waals surface area contributed by atoms with Crippen molar-refractivity contribution >= 4 is 23.0 Å². The summed E-state index contributed by atoms with van der Waals surface area (Å²) in [6.07, 6.45) is 17.3. The quantitative estimate of drug-likeness (QED) is 0.316. The number of carbonyl (C=O) groups excluding carboxylic acids is 2. The van der Waals surface area contributed by atoms with Gasteiger partial charge in [0, 0.05) is 43.2 Å². The zero-order valence-electron chi connectivity index (χ0n) is 22.5. The molecule has 1 spiro atoms. The highest BCUT2D eigenvalue weighted by atomic mass is 16.2. The number of allylic oxidation sites excluding steroid dienone is 5. The predicted octanol–water partition coefficient (Wildman–Crippen LogP) is 4.30. The molecule has 0 bridgehead atoms. The van der Waals surface area contributed by atoms with Crippen LogP contribution in [0.2, 0.25) is 0 Å². The molecule has 37 heavy (non-hydrogen) atoms. The van der Waals surface area contributed by atoms with Gasteiger partial charge in [-0.15, -0.1) is 0 Å². The Bertz CT molecular complexity index is 1090. The Balaban J connectivity index is 1.44. The average molecular weight is 507 g/mol. The zero-order chi connectivity index (χ0) is 26.4. The molecule has 200 valence electrons. The zero-order valence-corrected chi connectivity index (χ0v) is 22.5. The average Bonchev–Trinajstić information content (AvgIpc) is 3.37. The van der Waals surface area contributed by atoms with Gasteiger partial charge in [-0.05, 0) is 69.8 Å². The molecule has 1 amide bonds. The molecule has 1 aromatic heterocycles. The molecule has 2 fully saturated rings. The first-order valence-electron chi connectivity index (χ1n) is 13.8. The number of H-pyrrole nitrogens is 1. The van der Waals surface area contributed by atoms with E-state index in [-0.39, 0.29) is 23.3 Å². The van der Waals surface area contributed by atoms with E-state index >= 15 is 0 Å². The van der Waals surface area contributed by atoms with E-state index in [0.717, 1.165) is 80.7 Å². The van der Waals surface area contributed by atoms with E-state index in [1.165, 1.54) is 0 Å². The van der Waals surface area contributed by atoms with Crippen LogP contribution in [-0.4, -0.2) is 59.5 Å². The lowest BCUT2D eigenvalue weighted by Gasteiger charge is -2.30. The molecule has 2 atom stereocenters. The number of rotatable bonds is 12. The third kappa shape index (κ3) is 6.66. The van der Waals surface area contributed by atoms with Crippen LogP contribution in [0.1, 0.15) is 82.3 Å². The van der Waals surface area contributed by atoms with Crippen molar-refractivity contribution in [2.24, 2.45) is 11.3 Å². The number of likely N-dealkylation sites (tertiary alicyclic amines) is 1. The van der Waals surface area contributed by atoms with Crippen LogP contribution < -0.4 is 10.6 Å². The van der Waals surface area contributed by atoms with Gasteiger partial charge in [-0.1, -0.05) is 25.8 Å². The largest absolute Gasteiger partial charge is 0.393 e. The van der Waals surface area contributed by atoms with Gasteiger partial charge in [-0.2, -0.15) is 0 Å². The van der Waals surface area contributed by atoms with Crippen LogP contribution in [0.4, 0.5) is 0 Å². The van der Waals surface area contributed by atoms with E-state index in [9.17, 15) is 9.59 Å². The summed E-state index contributed by atoms with van der Waals surface area (Å²) in [5, 5.41) is 14.4. The molecule has 0 radical (unpaired) electrons. The highest BCUT2D eigenvalue weighted by Crippen LogP contribution is 2.59. The monoisotopic (exact) mass is 506 g/mol. The topological polar surface area (TPSA) is 114 Å². The standard InChI is InChI=1S/C29H42N6O2/c1-4-22(36)8-6-5-7-9-25(34-28(37)23-17-29(23)12-14-35(3)15-13-29)27-32-19-26(33-27)20-10-11-24(30)21(16-20)18-31-2/h10-11,16,18-19,23,25,30-31H,4-9,12-15,17H2,1-3H3,(H,32,33)(H,34,37)/b21-18-,30-24?/t23-,25+/m1/s1. The molecule has 1 aliphatic heterocycles. The lowest BCUT2D eigenvalue weighted by Crippen LogP contribution is -2.36. The SMILES string of the molecule is CCC(=O)CCCCC[C@H](NC(=O)[C@H]1CC12CCN(C)CC2)c1ncc(C2=C/C(=C/NC)C(=N)C=C2)[nH]1. The van der Waals surface area contributed by atoms with E-state index in [1.54, 1.807) is 6.08 Å². The number of carbonyl (C=O) groups is 2. The van der Waals surface area contributed by atoms with Crippen LogP contribution in [0.25, 0.3) is 5.57 Å². The van der Waals surface area contributed by atoms with Gasteiger partial charge < -0.3 is 25.9 Å². The number of amides is 1. The molecule has 4 rings (SSSR count). The Morgan fingerprint density at radius 3 is 2.78 bits per heavy atom. The molecule has 8 heteroatoms. The molecule has 3 aliphatic rings. The van der Waals surface area contributed by atoms with Crippen LogP contribution in [0, 0.1) is 16.7 Å². The van der Waals surface area contributed by atoms with Crippen LogP contribution in [0.3, 0.4) is 0 Å². The minimum Gasteiger partial charge on any atom is -0.393 e. The third-order valence-corrected chi connectivity index (χ3v) is 8.24. The van der Waals surface area contributed by atoms with E-state index in [1.807, 2.05) is 38.5 Å². The molecule has 2 aliphatic carbocycles. The fourth-order valence-electron chi connectivity index (χ4n) is 5.57. The molecular formula is C29H42N6O2. The number of ketones is 1. The van der Waals surface area contributed by atoms with Crippen molar-refractivity contribution < 1.29 is 9.59 Å². The Labute approximate surface area is 220 Å². The second-order valence-electron chi connectivity index (χ2n) is 10.9. The molecule has 1 saturated carbocycles. The normalized spacial score (nSPS) is 22.7. The Hall–Kier alpha value is -3.00. The summed E-state index contributed by atoms with van der Waals surface area (Å²) in [4.78, 5) is 35.5. The number of hydrogen-bond donors (Lipinski definition) is 4. The number of piperidine rings is 1. The Morgan fingerprint density at radius 1 is 1.27 bits per heavy atom. The fourth-order valence-corrected chi connectivity index (χ4v) is 5.57. The van der Waals surface area contributed by atoms with Gasteiger partial charge in [0.25, 0.3) is 0 Å². The van der Waals surface area contributed by atoms with E-state index in [0.29, 0.717) is 24.3 Å². The number of nitrogens with zero attached hydrogens (tertiary/aromatic N) is 2. The molecule has 0 unspecified atom stereocenters. The summed E-state index contributed by atoms with van der Waals surface area (Å²) in [5.74, 6) is 1.33. The number of nitrogens with one attached hydrogen (secondary N) is 4. The smallest absolute Gasteiger partial charge is 0.224 e. The van der Waals surface area contributed by atoms with Crippen molar-refractivity contribution in [3.8, 4) is 0 Å². The van der Waals surface area contributed by atoms with E-state index < -0.39 is 0 Å². The molecule has 1 aromatic rings. The van der Waals surface area contributed by atoms with Crippen molar-refractivity contribution in [3.05, 3.63) is 47.7 Å². The molecule has 0 aromatic carbocycles. The van der Waals surface area contributed by atoms with Gasteiger partial charge in [0.05, 0.1) is 23.6 Å². The summed E-state index contributed by atoms with van der Waals surface area (Å²) in [6, 6.07) is -0.189. The van der Waals surface area contributed by atoms with Crippen LogP contribution in [-0.2, 0) is 9.59 Å². The van der Waals surface area contributed by atoms with Gasteiger partial charge in [-0.3, -0.25) is 9.59 Å². The second kappa shape index (κ2) is 12.0. The first-order chi connectivity index (χ1) is 17.8. The third-order valence-electron chi connectivity index (χ3n) is 8.24. The number of Topliss-reactive ketones (excluding diaryl/α,β-unsaturated/α-hetero) is 1. The summed E-state index contributed by atoms with van der Waals surface area (Å²) >= 11 is 0. The number of aromatic amines is 1. The van der Waals surface area contributed by atoms with Crippen molar-refractivity contribution in [1.82, 2.24) is 25.5 Å². The van der Waals surface area contributed by atoms with Gasteiger partial charge in [0.1, 0.15) is 11.6 Å². The van der Waals surface area contributed by atoms with Gasteiger partial charge >= 0.3 is 0 Å². The highest BCUT2D eigenvalue weighted by Gasteiger charge is 2.58. The van der Waals surface area contributed by atoms with Crippen LogP contribution >= 0.6 is 0 Å². The lowest BCUT2D eigenvalue weighted by molar-refractivity contribution is -0.124. The summed E-state index contributed by atoms with van der Waals surface area (Å²) in [5.41, 5.74) is 3.27. The number of unbranched alkanes of at least 4 members (excludes halogenated alkanes) is 2. The van der Waals surface area contributed by atoms with Crippen molar-refractivity contribution in [2.45, 2.75) is 70.8 Å². The summed E-state index contributed by atoms with van der Waals surface area (Å²) < 4.78 is 0. The molecule has 8 nitrogen and oxygen atoms in total. The maximum absolute atomic E-state index is 13.3. The number of imidazole rings is 1.